The van der Waals surface area contributed by atoms with Crippen LogP contribution in [0.1, 0.15) is 65.2 Å². The number of nitrogens with one attached hydrogen (secondary N) is 2. The van der Waals surface area contributed by atoms with E-state index in [0.29, 0.717) is 12.0 Å². The number of phenolic OH excluding ortho intramolecular Hbond substituents is 1. The molecule has 0 aliphatic carbocycles. The van der Waals surface area contributed by atoms with E-state index in [0.717, 1.165) is 11.1 Å². The van der Waals surface area contributed by atoms with Crippen LogP contribution in [0.3, 0.4) is 0 Å². The molecule has 0 radical (unpaired) electrons. The molecular weight excluding hydrogens is 662 g/mol. The fraction of sp³-hybridized carbons (Fsp3) is 0.463. The van der Waals surface area contributed by atoms with Crippen molar-refractivity contribution in [1.82, 2.24) is 15.5 Å². The highest BCUT2D eigenvalue weighted by Gasteiger charge is 2.35. The van der Waals surface area contributed by atoms with Crippen LogP contribution in [0.2, 0.25) is 0 Å². The number of nitrogens with zero attached hydrogens (tertiary/aromatic N) is 1. The Morgan fingerprint density at radius 2 is 1.65 bits per heavy atom. The highest BCUT2D eigenvalue weighted by atomic mass is 16.5. The third kappa shape index (κ3) is 11.3. The van der Waals surface area contributed by atoms with Gasteiger partial charge in [-0.3, -0.25) is 14.4 Å². The minimum atomic E-state index is -1.17. The zero-order chi connectivity index (χ0) is 38.5. The van der Waals surface area contributed by atoms with Crippen molar-refractivity contribution in [3.05, 3.63) is 95.6 Å². The van der Waals surface area contributed by atoms with Gasteiger partial charge in [-0.05, 0) is 60.1 Å². The molecule has 3 amide bonds. The monoisotopic (exact) mass is 717 g/mol. The second-order valence-corrected chi connectivity index (χ2v) is 13.9. The summed E-state index contributed by atoms with van der Waals surface area (Å²) in [6, 6.07) is 10.9. The van der Waals surface area contributed by atoms with Crippen molar-refractivity contribution in [2.45, 2.75) is 84.7 Å². The summed E-state index contributed by atoms with van der Waals surface area (Å²) in [5.41, 5.74) is 2.30. The van der Waals surface area contributed by atoms with Crippen molar-refractivity contribution in [1.29, 1.82) is 0 Å². The second kappa shape index (κ2) is 19.6. The fourth-order valence-corrected chi connectivity index (χ4v) is 6.15. The number of likely N-dealkylation sites (N-methyl/N-ethyl adjacent to an activating group) is 1. The van der Waals surface area contributed by atoms with Crippen LogP contribution in [0.4, 0.5) is 0 Å². The van der Waals surface area contributed by atoms with Gasteiger partial charge < -0.3 is 34.9 Å². The molecule has 282 valence electrons. The van der Waals surface area contributed by atoms with E-state index >= 15 is 0 Å². The number of esters is 1. The number of hydrogen-bond acceptors (Lipinski definition) is 8. The number of allylic oxidation sites excluding steroid dienone is 2. The third-order valence-electron chi connectivity index (χ3n) is 9.23. The van der Waals surface area contributed by atoms with Gasteiger partial charge in [0.1, 0.15) is 24.2 Å². The molecule has 3 rings (SSSR count). The van der Waals surface area contributed by atoms with Crippen LogP contribution in [-0.2, 0) is 35.1 Å². The lowest BCUT2D eigenvalue weighted by Gasteiger charge is -2.32. The van der Waals surface area contributed by atoms with Crippen LogP contribution < -0.4 is 15.4 Å². The van der Waals surface area contributed by atoms with Gasteiger partial charge in [-0.1, -0.05) is 95.3 Å². The van der Waals surface area contributed by atoms with Crippen LogP contribution in [0, 0.1) is 17.8 Å². The van der Waals surface area contributed by atoms with Gasteiger partial charge in [0.05, 0.1) is 13.2 Å². The van der Waals surface area contributed by atoms with E-state index in [2.05, 4.69) is 10.6 Å². The lowest BCUT2D eigenvalue weighted by molar-refractivity contribution is -0.156. The number of amides is 3. The first kappa shape index (κ1) is 41.5. The average molecular weight is 718 g/mol. The zero-order valence-corrected chi connectivity index (χ0v) is 31.8. The van der Waals surface area contributed by atoms with Crippen molar-refractivity contribution in [2.75, 3.05) is 21.3 Å². The summed E-state index contributed by atoms with van der Waals surface area (Å²) in [6.07, 6.45) is 8.36. The summed E-state index contributed by atoms with van der Waals surface area (Å²) in [4.78, 5) is 56.9. The molecule has 1 aliphatic heterocycles. The molecule has 0 saturated carbocycles. The van der Waals surface area contributed by atoms with Crippen molar-refractivity contribution in [2.24, 2.45) is 17.8 Å². The van der Waals surface area contributed by atoms with Crippen LogP contribution in [-0.4, -0.2) is 79.2 Å². The van der Waals surface area contributed by atoms with Crippen molar-refractivity contribution >= 4 is 23.7 Å². The lowest BCUT2D eigenvalue weighted by Crippen LogP contribution is -2.58. The standard InChI is InChI=1S/C41H55N3O8/c1-25(2)36-41(49)52-38(30-17-11-10-12-18-30)28(6)16-13-15-27(5)33(50-8)19-14-20-35(46)44(7)37(26(3)4)40(48)42-31(39(47)43-36)23-29-21-22-32(45)34(24-29)51-9/h10-18,20-22,24-26,28,31,33,36-38,45H,19,23H2,1-9H3,(H,42,48)(H,43,47)/b16-13+,20-14-,27-15+/t28-,31-,33-,36+,37+,38+/m1/s1. The lowest BCUT2D eigenvalue weighted by atomic mass is 9.95. The Bertz CT molecular complexity index is 1620. The number of ether oxygens (including phenoxy) is 3. The molecule has 1 heterocycles. The summed E-state index contributed by atoms with van der Waals surface area (Å²) in [6.45, 7) is 11.1. The molecule has 3 N–H and O–H groups in total. The van der Waals surface area contributed by atoms with Crippen molar-refractivity contribution in [3.8, 4) is 11.5 Å². The maximum absolute atomic E-state index is 14.2. The molecule has 52 heavy (non-hydrogen) atoms. The summed E-state index contributed by atoms with van der Waals surface area (Å²) in [5.74, 6) is -3.00. The van der Waals surface area contributed by atoms with E-state index in [1.807, 2.05) is 76.3 Å². The first-order chi connectivity index (χ1) is 24.7. The SMILES string of the molecule is COc1cc(C[C@H]2NC(=O)[C@H](C(C)C)N(C)C(=O)/C=C\C[C@@H](OC)/C(C)=C/C=C/[C@@H](C)[C@@H](c3ccccc3)OC(=O)[C@H](C(C)C)NC2=O)ccc1O. The fourth-order valence-electron chi connectivity index (χ4n) is 6.15. The average Bonchev–Trinajstić information content (AvgIpc) is 3.10. The Balaban J connectivity index is 2.12. The van der Waals surface area contributed by atoms with E-state index in [1.165, 1.54) is 24.2 Å². The van der Waals surface area contributed by atoms with Gasteiger partial charge in [-0.25, -0.2) is 4.79 Å². The van der Waals surface area contributed by atoms with Crippen LogP contribution >= 0.6 is 0 Å². The highest BCUT2D eigenvalue weighted by molar-refractivity contribution is 5.95. The van der Waals surface area contributed by atoms with E-state index in [-0.39, 0.29) is 47.7 Å². The number of benzene rings is 2. The molecule has 0 unspecified atom stereocenters. The third-order valence-corrected chi connectivity index (χ3v) is 9.23. The predicted molar refractivity (Wildman–Crippen MR) is 200 cm³/mol. The molecule has 6 atom stereocenters. The zero-order valence-electron chi connectivity index (χ0n) is 31.8. The number of carbonyl (C=O) groups is 4. The molecule has 1 aliphatic rings. The topological polar surface area (TPSA) is 144 Å². The molecule has 2 aromatic rings. The Kier molecular flexibility index (Phi) is 15.7. The minimum Gasteiger partial charge on any atom is -0.504 e. The summed E-state index contributed by atoms with van der Waals surface area (Å²) >= 11 is 0. The Morgan fingerprint density at radius 3 is 2.27 bits per heavy atom. The molecule has 0 spiro atoms. The molecule has 0 bridgehead atoms. The Morgan fingerprint density at radius 1 is 0.962 bits per heavy atom. The summed E-state index contributed by atoms with van der Waals surface area (Å²) in [7, 11) is 4.56. The normalized spacial score (nSPS) is 26.8. The Hall–Kier alpha value is -4.90. The van der Waals surface area contributed by atoms with Gasteiger partial charge in [0.25, 0.3) is 0 Å². The first-order valence-corrected chi connectivity index (χ1v) is 17.7. The van der Waals surface area contributed by atoms with Crippen molar-refractivity contribution < 1.29 is 38.5 Å². The Labute approximate surface area is 308 Å². The van der Waals surface area contributed by atoms with Gasteiger partial charge in [-0.15, -0.1) is 0 Å². The highest BCUT2D eigenvalue weighted by Crippen LogP contribution is 2.29. The largest absolute Gasteiger partial charge is 0.504 e. The molecule has 0 fully saturated rings. The molecule has 2 aromatic carbocycles. The van der Waals surface area contributed by atoms with Crippen LogP contribution in [0.5, 0.6) is 11.5 Å². The maximum atomic E-state index is 14.2. The number of methoxy groups -OCH3 is 2. The number of carbonyl (C=O) groups excluding carboxylic acids is 4. The van der Waals surface area contributed by atoms with Gasteiger partial charge >= 0.3 is 5.97 Å². The summed E-state index contributed by atoms with van der Waals surface area (Å²) < 4.78 is 17.2. The second-order valence-electron chi connectivity index (χ2n) is 13.9. The molecular formula is C41H55N3O8. The number of cyclic esters (lactones) is 1. The quantitative estimate of drug-likeness (QED) is 0.321. The van der Waals surface area contributed by atoms with Crippen LogP contribution in [0.25, 0.3) is 0 Å². The summed E-state index contributed by atoms with van der Waals surface area (Å²) in [5, 5.41) is 15.9. The molecule has 0 saturated heterocycles. The number of hydrogen-bond donors (Lipinski definition) is 3. The van der Waals surface area contributed by atoms with Gasteiger partial charge in [-0.2, -0.15) is 0 Å². The van der Waals surface area contributed by atoms with E-state index < -0.39 is 42.0 Å². The van der Waals surface area contributed by atoms with Crippen LogP contribution in [0.15, 0.2) is 84.5 Å². The predicted octanol–water partition coefficient (Wildman–Crippen LogP) is 5.45. The van der Waals surface area contributed by atoms with Gasteiger partial charge in [0.15, 0.2) is 11.5 Å². The number of phenols is 1. The van der Waals surface area contributed by atoms with Crippen molar-refractivity contribution in [3.63, 3.8) is 0 Å². The van der Waals surface area contributed by atoms with E-state index in [1.54, 1.807) is 46.2 Å². The van der Waals surface area contributed by atoms with Gasteiger partial charge in [0, 0.05) is 26.5 Å². The first-order valence-electron chi connectivity index (χ1n) is 17.7. The number of aromatic hydroxyl groups is 1. The smallest absolute Gasteiger partial charge is 0.329 e. The number of rotatable bonds is 7. The van der Waals surface area contributed by atoms with E-state index in [4.69, 9.17) is 14.2 Å². The maximum Gasteiger partial charge on any atom is 0.329 e. The minimum absolute atomic E-state index is 0.00428. The molecule has 0 aromatic heterocycles. The van der Waals surface area contributed by atoms with E-state index in [9.17, 15) is 24.3 Å². The van der Waals surface area contributed by atoms with Gasteiger partial charge in [0.2, 0.25) is 17.7 Å². The molecule has 11 heteroatoms. The molecule has 11 nitrogen and oxygen atoms in total.